The summed E-state index contributed by atoms with van der Waals surface area (Å²) < 4.78 is 20.2. The second-order valence-corrected chi connectivity index (χ2v) is 6.86. The summed E-state index contributed by atoms with van der Waals surface area (Å²) >= 11 is 0. The molecule has 2 amide bonds. The third-order valence-electron chi connectivity index (χ3n) is 3.78. The Morgan fingerprint density at radius 2 is 1.97 bits per heavy atom. The molecule has 0 saturated heterocycles. The number of aliphatic hydroxyl groups is 1. The number of amides is 2. The van der Waals surface area contributed by atoms with Crippen LogP contribution in [0.1, 0.15) is 63.4 Å². The summed E-state index contributed by atoms with van der Waals surface area (Å²) in [6.07, 6.45) is 3.80. The summed E-state index contributed by atoms with van der Waals surface area (Å²) in [5, 5.41) is 14.4. The zero-order valence-corrected chi connectivity index (χ0v) is 18.7. The number of nitrogens with zero attached hydrogens (tertiary/aromatic N) is 2. The van der Waals surface area contributed by atoms with Crippen molar-refractivity contribution in [3.8, 4) is 0 Å². The lowest BCUT2D eigenvalue weighted by atomic mass is 10.2. The zero-order chi connectivity index (χ0) is 23.3. The van der Waals surface area contributed by atoms with Crippen molar-refractivity contribution in [1.82, 2.24) is 20.2 Å². The highest BCUT2D eigenvalue weighted by molar-refractivity contribution is 5.95. The van der Waals surface area contributed by atoms with E-state index in [2.05, 4.69) is 22.2 Å². The van der Waals surface area contributed by atoms with Gasteiger partial charge in [0, 0.05) is 11.6 Å². The van der Waals surface area contributed by atoms with Crippen LogP contribution in [0.25, 0.3) is 0 Å². The maximum absolute atomic E-state index is 13.3. The quantitative estimate of drug-likeness (QED) is 0.499. The molecular formula is C21H35FN4O4. The number of imidazole rings is 1. The van der Waals surface area contributed by atoms with E-state index in [1.54, 1.807) is 39.8 Å². The fraction of sp³-hybridized carbons (Fsp3) is 0.571. The number of carbonyl (C=O) groups excluding carboxylic acids is 2. The van der Waals surface area contributed by atoms with Crippen molar-refractivity contribution in [2.75, 3.05) is 13.3 Å². The highest BCUT2D eigenvalue weighted by Gasteiger charge is 2.22. The van der Waals surface area contributed by atoms with Gasteiger partial charge in [-0.15, -0.1) is 6.58 Å². The van der Waals surface area contributed by atoms with Crippen molar-refractivity contribution in [2.24, 2.45) is 5.92 Å². The number of halogens is 1. The van der Waals surface area contributed by atoms with Gasteiger partial charge in [-0.3, -0.25) is 9.59 Å². The Balaban J connectivity index is 0.00000263. The van der Waals surface area contributed by atoms with E-state index in [0.717, 1.165) is 0 Å². The molecule has 1 heterocycles. The number of ether oxygens (including phenoxy) is 1. The Morgan fingerprint density at radius 3 is 2.43 bits per heavy atom. The average Bonchev–Trinajstić information content (AvgIpc) is 3.07. The molecule has 0 radical (unpaired) electrons. The molecule has 1 aromatic rings. The highest BCUT2D eigenvalue weighted by atomic mass is 19.1. The van der Waals surface area contributed by atoms with Gasteiger partial charge in [-0.05, 0) is 33.3 Å². The lowest BCUT2D eigenvalue weighted by Gasteiger charge is -2.21. The van der Waals surface area contributed by atoms with Crippen LogP contribution in [0.5, 0.6) is 0 Å². The normalized spacial score (nSPS) is 13.2. The predicted octanol–water partition coefficient (Wildman–Crippen LogP) is 3.00. The molecule has 3 N–H and O–H groups in total. The van der Waals surface area contributed by atoms with E-state index in [0.29, 0.717) is 12.1 Å². The van der Waals surface area contributed by atoms with Crippen LogP contribution in [0.2, 0.25) is 0 Å². The number of rotatable bonds is 10. The first-order chi connectivity index (χ1) is 14.2. The van der Waals surface area contributed by atoms with Gasteiger partial charge in [-0.2, -0.15) is 0 Å². The summed E-state index contributed by atoms with van der Waals surface area (Å²) in [7, 11) is 0. The monoisotopic (exact) mass is 426 g/mol. The molecule has 2 unspecified atom stereocenters. The Morgan fingerprint density at radius 1 is 1.37 bits per heavy atom. The summed E-state index contributed by atoms with van der Waals surface area (Å²) in [5.41, 5.74) is 0.501. The molecule has 0 saturated carbocycles. The number of allylic oxidation sites excluding steroid dienone is 2. The standard InChI is InChI=1S/C18H29FN4O4.C3H6/c1-6-7-14(21-17(25)11(2)3)22-18(26)16-13(5)23(10-20-16)15(8-19)27-12(4)9-24;1-3-2/h7,10-12,15,24H,6,8-9H2,1-5H3,(H,21,25)(H,22,26);3H,1H2,2H3/b14-7+;. The summed E-state index contributed by atoms with van der Waals surface area (Å²) in [6, 6.07) is 0. The second-order valence-electron chi connectivity index (χ2n) is 6.86. The van der Waals surface area contributed by atoms with Crippen LogP contribution in [-0.2, 0) is 9.53 Å². The molecule has 0 fully saturated rings. The first kappa shape index (κ1) is 27.5. The minimum Gasteiger partial charge on any atom is -0.394 e. The molecule has 0 spiro atoms. The van der Waals surface area contributed by atoms with E-state index in [1.807, 2.05) is 13.8 Å². The van der Waals surface area contributed by atoms with Gasteiger partial charge in [0.1, 0.15) is 18.2 Å². The molecule has 0 aliphatic rings. The minimum atomic E-state index is -0.993. The first-order valence-corrected chi connectivity index (χ1v) is 9.91. The van der Waals surface area contributed by atoms with E-state index >= 15 is 0 Å². The van der Waals surface area contributed by atoms with Crippen LogP contribution < -0.4 is 10.6 Å². The molecule has 8 nitrogen and oxygen atoms in total. The number of hydrogen-bond acceptors (Lipinski definition) is 5. The molecule has 2 atom stereocenters. The molecule has 9 heteroatoms. The maximum Gasteiger partial charge on any atom is 0.277 e. The Bertz CT molecular complexity index is 716. The fourth-order valence-corrected chi connectivity index (χ4v) is 2.22. The Hall–Kier alpha value is -2.52. The van der Waals surface area contributed by atoms with Gasteiger partial charge < -0.3 is 25.0 Å². The summed E-state index contributed by atoms with van der Waals surface area (Å²) in [4.78, 5) is 28.5. The van der Waals surface area contributed by atoms with Crippen LogP contribution in [-0.4, -0.2) is 45.9 Å². The number of nitrogens with one attached hydrogen (secondary N) is 2. The van der Waals surface area contributed by atoms with Gasteiger partial charge in [0.15, 0.2) is 6.23 Å². The van der Waals surface area contributed by atoms with Crippen LogP contribution in [0.3, 0.4) is 0 Å². The average molecular weight is 427 g/mol. The lowest BCUT2D eigenvalue weighted by Crippen LogP contribution is -2.37. The molecule has 0 bridgehead atoms. The molecule has 30 heavy (non-hydrogen) atoms. The number of aromatic nitrogens is 2. The third-order valence-corrected chi connectivity index (χ3v) is 3.78. The van der Waals surface area contributed by atoms with Crippen LogP contribution in [0.15, 0.2) is 30.9 Å². The topological polar surface area (TPSA) is 105 Å². The van der Waals surface area contributed by atoms with Gasteiger partial charge in [0.2, 0.25) is 5.91 Å². The van der Waals surface area contributed by atoms with Crippen molar-refractivity contribution in [3.05, 3.63) is 42.3 Å². The van der Waals surface area contributed by atoms with Gasteiger partial charge in [0.25, 0.3) is 5.91 Å². The Labute approximate surface area is 178 Å². The van der Waals surface area contributed by atoms with E-state index in [4.69, 9.17) is 9.84 Å². The highest BCUT2D eigenvalue weighted by Crippen LogP contribution is 2.17. The maximum atomic E-state index is 13.3. The summed E-state index contributed by atoms with van der Waals surface area (Å²) in [5.74, 6) is -0.703. The van der Waals surface area contributed by atoms with E-state index in [-0.39, 0.29) is 29.9 Å². The molecule has 0 aliphatic heterocycles. The largest absolute Gasteiger partial charge is 0.394 e. The molecule has 0 aromatic carbocycles. The van der Waals surface area contributed by atoms with Crippen molar-refractivity contribution in [1.29, 1.82) is 0 Å². The predicted molar refractivity (Wildman–Crippen MR) is 114 cm³/mol. The Kier molecular flexibility index (Phi) is 13.2. The van der Waals surface area contributed by atoms with Crippen molar-refractivity contribution in [3.63, 3.8) is 0 Å². The van der Waals surface area contributed by atoms with E-state index in [9.17, 15) is 14.0 Å². The van der Waals surface area contributed by atoms with Crippen LogP contribution in [0.4, 0.5) is 4.39 Å². The summed E-state index contributed by atoms with van der Waals surface area (Å²) in [6.45, 7) is 12.8. The van der Waals surface area contributed by atoms with Crippen LogP contribution in [0, 0.1) is 12.8 Å². The fourth-order valence-electron chi connectivity index (χ4n) is 2.22. The third kappa shape index (κ3) is 8.87. The minimum absolute atomic E-state index is 0.0921. The molecule has 1 rings (SSSR count). The molecular weight excluding hydrogens is 391 g/mol. The SMILES string of the molecule is C=CC.CC/C=C(/NC(=O)c1ncn(C(CF)OC(C)CO)c1C)NC(=O)C(C)C. The van der Waals surface area contributed by atoms with Gasteiger partial charge in [-0.1, -0.05) is 26.8 Å². The number of alkyl halides is 1. The van der Waals surface area contributed by atoms with E-state index < -0.39 is 24.9 Å². The number of carbonyl (C=O) groups is 2. The van der Waals surface area contributed by atoms with Crippen molar-refractivity contribution < 1.29 is 23.8 Å². The van der Waals surface area contributed by atoms with Crippen molar-refractivity contribution >= 4 is 11.8 Å². The van der Waals surface area contributed by atoms with Gasteiger partial charge in [0.05, 0.1) is 19.0 Å². The number of hydrogen-bond donors (Lipinski definition) is 3. The zero-order valence-electron chi connectivity index (χ0n) is 18.7. The van der Waals surface area contributed by atoms with Gasteiger partial charge in [-0.25, -0.2) is 9.37 Å². The first-order valence-electron chi connectivity index (χ1n) is 9.91. The van der Waals surface area contributed by atoms with Crippen molar-refractivity contribution in [2.45, 2.75) is 60.3 Å². The van der Waals surface area contributed by atoms with Crippen LogP contribution >= 0.6 is 0 Å². The lowest BCUT2D eigenvalue weighted by molar-refractivity contribution is -0.123. The smallest absolute Gasteiger partial charge is 0.277 e. The molecule has 0 aliphatic carbocycles. The molecule has 170 valence electrons. The molecule has 1 aromatic heterocycles. The number of aliphatic hydroxyl groups excluding tert-OH is 1. The van der Waals surface area contributed by atoms with E-state index in [1.165, 1.54) is 10.9 Å². The van der Waals surface area contributed by atoms with Gasteiger partial charge >= 0.3 is 0 Å². The second kappa shape index (κ2) is 14.5.